The van der Waals surface area contributed by atoms with E-state index in [1.807, 2.05) is 0 Å². The first kappa shape index (κ1) is 21.7. The van der Waals surface area contributed by atoms with Gasteiger partial charge in [0, 0.05) is 24.2 Å². The molecule has 0 aromatic heterocycles. The van der Waals surface area contributed by atoms with Gasteiger partial charge in [-0.2, -0.15) is 0 Å². The molecular weight excluding hydrogens is 399 g/mol. The zero-order valence-corrected chi connectivity index (χ0v) is 17.0. The van der Waals surface area contributed by atoms with E-state index in [0.29, 0.717) is 23.9 Å². The van der Waals surface area contributed by atoms with E-state index in [2.05, 4.69) is 10.0 Å². The van der Waals surface area contributed by atoms with Crippen LogP contribution in [0.4, 0.5) is 0 Å². The predicted molar refractivity (Wildman–Crippen MR) is 104 cm³/mol. The van der Waals surface area contributed by atoms with Crippen molar-refractivity contribution >= 4 is 34.0 Å². The summed E-state index contributed by atoms with van der Waals surface area (Å²) in [5, 5.41) is 3.57. The molecule has 2 saturated heterocycles. The van der Waals surface area contributed by atoms with Gasteiger partial charge >= 0.3 is 0 Å². The second-order valence-electron chi connectivity index (χ2n) is 6.56. The maximum atomic E-state index is 12.8. The molecule has 0 saturated carbocycles. The van der Waals surface area contributed by atoms with Crippen LogP contribution in [0, 0.1) is 0 Å². The van der Waals surface area contributed by atoms with Crippen molar-refractivity contribution in [2.45, 2.75) is 49.1 Å². The van der Waals surface area contributed by atoms with Gasteiger partial charge in [-0.1, -0.05) is 11.6 Å². The first-order chi connectivity index (χ1) is 12.0. The van der Waals surface area contributed by atoms with Crippen LogP contribution in [0.3, 0.4) is 0 Å². The Kier molecular flexibility index (Phi) is 8.44. The van der Waals surface area contributed by atoms with Crippen LogP contribution in [0.2, 0.25) is 5.02 Å². The summed E-state index contributed by atoms with van der Waals surface area (Å²) in [7, 11) is -3.71. The summed E-state index contributed by atoms with van der Waals surface area (Å²) in [4.78, 5) is 0.0846. The minimum Gasteiger partial charge on any atom is -0.489 e. The Bertz CT molecular complexity index is 675. The summed E-state index contributed by atoms with van der Waals surface area (Å²) in [5.41, 5.74) is 0. The molecule has 0 spiro atoms. The van der Waals surface area contributed by atoms with Crippen LogP contribution in [0.25, 0.3) is 0 Å². The average Bonchev–Trinajstić information content (AvgIpc) is 2.62. The highest BCUT2D eigenvalue weighted by molar-refractivity contribution is 7.89. The third-order valence-electron chi connectivity index (χ3n) is 4.51. The number of sulfonamides is 1. The van der Waals surface area contributed by atoms with Gasteiger partial charge in [0.15, 0.2) is 0 Å². The van der Waals surface area contributed by atoms with Crippen molar-refractivity contribution in [2.24, 2.45) is 0 Å². The molecule has 9 heteroatoms. The van der Waals surface area contributed by atoms with Crippen molar-refractivity contribution < 1.29 is 17.9 Å². The Morgan fingerprint density at radius 2 is 2.12 bits per heavy atom. The van der Waals surface area contributed by atoms with Gasteiger partial charge < -0.3 is 14.8 Å². The van der Waals surface area contributed by atoms with Crippen LogP contribution < -0.4 is 14.8 Å². The number of hydrogen-bond donors (Lipinski definition) is 2. The van der Waals surface area contributed by atoms with Crippen molar-refractivity contribution in [3.05, 3.63) is 23.2 Å². The van der Waals surface area contributed by atoms with Gasteiger partial charge in [-0.05, 0) is 56.8 Å². The molecule has 2 aliphatic rings. The highest BCUT2D eigenvalue weighted by atomic mass is 35.5. The van der Waals surface area contributed by atoms with Crippen LogP contribution in [-0.2, 0) is 14.8 Å². The van der Waals surface area contributed by atoms with E-state index in [9.17, 15) is 8.42 Å². The molecule has 26 heavy (non-hydrogen) atoms. The molecule has 2 aliphatic heterocycles. The number of nitrogens with one attached hydrogen (secondary N) is 2. The van der Waals surface area contributed by atoms with E-state index >= 15 is 0 Å². The van der Waals surface area contributed by atoms with Gasteiger partial charge in [0.2, 0.25) is 10.0 Å². The second kappa shape index (κ2) is 10.1. The van der Waals surface area contributed by atoms with Crippen LogP contribution >= 0.6 is 24.0 Å². The fourth-order valence-corrected chi connectivity index (χ4v) is 4.85. The minimum atomic E-state index is -3.71. The van der Waals surface area contributed by atoms with Crippen molar-refractivity contribution in [3.63, 3.8) is 0 Å². The van der Waals surface area contributed by atoms with Crippen molar-refractivity contribution in [3.8, 4) is 5.75 Å². The molecule has 2 N–H and O–H groups in total. The van der Waals surface area contributed by atoms with E-state index in [1.165, 1.54) is 6.07 Å². The summed E-state index contributed by atoms with van der Waals surface area (Å²) >= 11 is 6.03. The number of halogens is 2. The molecule has 0 amide bonds. The smallest absolute Gasteiger partial charge is 0.244 e. The van der Waals surface area contributed by atoms with Crippen LogP contribution in [0.5, 0.6) is 5.75 Å². The van der Waals surface area contributed by atoms with E-state index < -0.39 is 10.0 Å². The lowest BCUT2D eigenvalue weighted by molar-refractivity contribution is -0.0116. The van der Waals surface area contributed by atoms with Gasteiger partial charge in [0.1, 0.15) is 17.3 Å². The SMILES string of the molecule is Cl.O=S(=O)(NC1CCCNC1)c1cc(Cl)ccc1OCC1CCCCO1. The predicted octanol–water partition coefficient (Wildman–Crippen LogP) is 2.74. The lowest BCUT2D eigenvalue weighted by Gasteiger charge is -2.25. The summed E-state index contributed by atoms with van der Waals surface area (Å²) in [6.45, 7) is 2.63. The lowest BCUT2D eigenvalue weighted by Crippen LogP contribution is -2.45. The van der Waals surface area contributed by atoms with Gasteiger partial charge in [-0.25, -0.2) is 13.1 Å². The first-order valence-electron chi connectivity index (χ1n) is 8.81. The van der Waals surface area contributed by atoms with Crippen molar-refractivity contribution in [1.82, 2.24) is 10.0 Å². The summed E-state index contributed by atoms with van der Waals surface area (Å²) in [6, 6.07) is 4.57. The number of piperidine rings is 1. The van der Waals surface area contributed by atoms with Gasteiger partial charge in [0.05, 0.1) is 6.10 Å². The molecule has 1 aromatic carbocycles. The molecule has 2 heterocycles. The molecule has 0 bridgehead atoms. The minimum absolute atomic E-state index is 0. The quantitative estimate of drug-likeness (QED) is 0.733. The molecule has 0 radical (unpaired) electrons. The topological polar surface area (TPSA) is 76.7 Å². The zero-order chi connectivity index (χ0) is 17.7. The molecule has 148 valence electrons. The summed E-state index contributed by atoms with van der Waals surface area (Å²) < 4.78 is 39.8. The van der Waals surface area contributed by atoms with Gasteiger partial charge in [-0.15, -0.1) is 12.4 Å². The fraction of sp³-hybridized carbons (Fsp3) is 0.647. The highest BCUT2D eigenvalue weighted by Crippen LogP contribution is 2.28. The van der Waals surface area contributed by atoms with Crippen LogP contribution in [0.1, 0.15) is 32.1 Å². The Labute approximate surface area is 166 Å². The van der Waals surface area contributed by atoms with Crippen molar-refractivity contribution in [2.75, 3.05) is 26.3 Å². The normalized spacial score (nSPS) is 23.9. The Morgan fingerprint density at radius 1 is 1.27 bits per heavy atom. The second-order valence-corrected chi connectivity index (χ2v) is 8.67. The number of ether oxygens (including phenoxy) is 2. The average molecular weight is 425 g/mol. The summed E-state index contributed by atoms with van der Waals surface area (Å²) in [5.74, 6) is 0.315. The number of benzene rings is 1. The first-order valence-corrected chi connectivity index (χ1v) is 10.7. The number of hydrogen-bond acceptors (Lipinski definition) is 5. The monoisotopic (exact) mass is 424 g/mol. The van der Waals surface area contributed by atoms with E-state index in [4.69, 9.17) is 21.1 Å². The molecule has 1 aromatic rings. The van der Waals surface area contributed by atoms with E-state index in [-0.39, 0.29) is 29.4 Å². The van der Waals surface area contributed by atoms with E-state index in [1.54, 1.807) is 12.1 Å². The molecule has 3 rings (SSSR count). The highest BCUT2D eigenvalue weighted by Gasteiger charge is 2.26. The molecular formula is C17H26Cl2N2O4S. The zero-order valence-electron chi connectivity index (χ0n) is 14.6. The standard InChI is InChI=1S/C17H25ClN2O4S.ClH/c18-13-6-7-16(24-12-15-5-1-2-9-23-15)17(10-13)25(21,22)20-14-4-3-8-19-11-14;/h6-7,10,14-15,19-20H,1-5,8-9,11-12H2;1H. The fourth-order valence-electron chi connectivity index (χ4n) is 3.17. The number of rotatable bonds is 6. The Balaban J connectivity index is 0.00000243. The van der Waals surface area contributed by atoms with Crippen LogP contribution in [-0.4, -0.2) is 46.9 Å². The molecule has 2 unspecified atom stereocenters. The molecule has 0 aliphatic carbocycles. The Hall–Kier alpha value is -0.570. The van der Waals surface area contributed by atoms with Crippen molar-refractivity contribution in [1.29, 1.82) is 0 Å². The maximum Gasteiger partial charge on any atom is 0.244 e. The lowest BCUT2D eigenvalue weighted by atomic mass is 10.1. The Morgan fingerprint density at radius 3 is 2.81 bits per heavy atom. The van der Waals surface area contributed by atoms with Crippen LogP contribution in [0.15, 0.2) is 23.1 Å². The molecule has 2 atom stereocenters. The summed E-state index contributed by atoms with van der Waals surface area (Å²) in [6.07, 6.45) is 4.88. The maximum absolute atomic E-state index is 12.8. The van der Waals surface area contributed by atoms with E-state index in [0.717, 1.165) is 45.3 Å². The molecule has 6 nitrogen and oxygen atoms in total. The third kappa shape index (κ3) is 5.97. The van der Waals surface area contributed by atoms with Gasteiger partial charge in [-0.3, -0.25) is 0 Å². The third-order valence-corrected chi connectivity index (χ3v) is 6.29. The van der Waals surface area contributed by atoms with Gasteiger partial charge in [0.25, 0.3) is 0 Å². The molecule has 2 fully saturated rings. The largest absolute Gasteiger partial charge is 0.489 e.